The molecule has 0 saturated heterocycles. The third kappa shape index (κ3) is 6.07. The summed E-state index contributed by atoms with van der Waals surface area (Å²) in [6.07, 6.45) is -2.72. The zero-order valence-electron chi connectivity index (χ0n) is 17.7. The molecule has 2 N–H and O–H groups in total. The Balaban J connectivity index is 1.63. The van der Waals surface area contributed by atoms with Gasteiger partial charge in [0.25, 0.3) is 11.8 Å². The monoisotopic (exact) mass is 476 g/mol. The molecule has 0 aliphatic rings. The van der Waals surface area contributed by atoms with Crippen LogP contribution in [0.3, 0.4) is 0 Å². The van der Waals surface area contributed by atoms with Gasteiger partial charge in [0.05, 0.1) is 16.1 Å². The molecular formula is C23H20ClF3N4O2. The normalized spacial score (nSPS) is 12.2. The first-order chi connectivity index (χ1) is 15.6. The summed E-state index contributed by atoms with van der Waals surface area (Å²) in [7, 11) is 0. The van der Waals surface area contributed by atoms with E-state index in [-0.39, 0.29) is 11.9 Å². The number of halogens is 4. The number of aromatic nitrogens is 2. The van der Waals surface area contributed by atoms with Gasteiger partial charge in [-0.3, -0.25) is 9.59 Å². The van der Waals surface area contributed by atoms with Gasteiger partial charge in [0.2, 0.25) is 0 Å². The lowest BCUT2D eigenvalue weighted by atomic mass is 10.0. The zero-order chi connectivity index (χ0) is 24.2. The molecule has 1 unspecified atom stereocenters. The van der Waals surface area contributed by atoms with Gasteiger partial charge < -0.3 is 10.6 Å². The molecule has 0 spiro atoms. The highest BCUT2D eigenvalue weighted by molar-refractivity contribution is 6.34. The SMILES string of the molecule is Cc1cccc(Cl)c1C(=O)NC(C)Cc1ccc(NC(=O)c2cncnc2C(F)(F)F)cc1. The van der Waals surface area contributed by atoms with Crippen LogP contribution in [-0.4, -0.2) is 27.8 Å². The first kappa shape index (κ1) is 24.2. The minimum Gasteiger partial charge on any atom is -0.349 e. The summed E-state index contributed by atoms with van der Waals surface area (Å²) in [6, 6.07) is 11.6. The second kappa shape index (κ2) is 9.99. The van der Waals surface area contributed by atoms with Gasteiger partial charge >= 0.3 is 6.18 Å². The Labute approximate surface area is 193 Å². The van der Waals surface area contributed by atoms with Crippen molar-refractivity contribution in [2.24, 2.45) is 0 Å². The average Bonchev–Trinajstić information content (AvgIpc) is 2.74. The van der Waals surface area contributed by atoms with Gasteiger partial charge in [-0.2, -0.15) is 13.2 Å². The Bertz CT molecular complexity index is 1150. The molecule has 0 fully saturated rings. The van der Waals surface area contributed by atoms with E-state index in [1.54, 1.807) is 49.4 Å². The van der Waals surface area contributed by atoms with Gasteiger partial charge in [-0.15, -0.1) is 0 Å². The van der Waals surface area contributed by atoms with E-state index in [9.17, 15) is 22.8 Å². The highest BCUT2D eigenvalue weighted by atomic mass is 35.5. The maximum absolute atomic E-state index is 13.1. The number of carbonyl (C=O) groups excluding carboxylic acids is 2. The van der Waals surface area contributed by atoms with Crippen molar-refractivity contribution >= 4 is 29.1 Å². The van der Waals surface area contributed by atoms with Crippen LogP contribution in [0.4, 0.5) is 18.9 Å². The number of aryl methyl sites for hydroxylation is 1. The third-order valence-electron chi connectivity index (χ3n) is 4.81. The molecule has 1 atom stereocenters. The molecular weight excluding hydrogens is 457 g/mol. The lowest BCUT2D eigenvalue weighted by Gasteiger charge is -2.16. The van der Waals surface area contributed by atoms with Gasteiger partial charge in [-0.25, -0.2) is 9.97 Å². The van der Waals surface area contributed by atoms with Gasteiger partial charge in [0.15, 0.2) is 5.69 Å². The van der Waals surface area contributed by atoms with Gasteiger partial charge in [-0.1, -0.05) is 35.9 Å². The van der Waals surface area contributed by atoms with Crippen molar-refractivity contribution in [3.05, 3.63) is 88.0 Å². The zero-order valence-corrected chi connectivity index (χ0v) is 18.5. The van der Waals surface area contributed by atoms with Crippen LogP contribution in [-0.2, 0) is 12.6 Å². The van der Waals surface area contributed by atoms with E-state index in [1.165, 1.54) is 0 Å². The second-order valence-corrected chi connectivity index (χ2v) is 7.85. The molecule has 3 aromatic rings. The predicted octanol–water partition coefficient (Wildman–Crippen LogP) is 5.07. The number of alkyl halides is 3. The molecule has 33 heavy (non-hydrogen) atoms. The van der Waals surface area contributed by atoms with Gasteiger partial charge in [0.1, 0.15) is 6.33 Å². The number of rotatable bonds is 6. The fourth-order valence-electron chi connectivity index (χ4n) is 3.26. The Morgan fingerprint density at radius 3 is 2.42 bits per heavy atom. The Kier molecular flexibility index (Phi) is 7.33. The van der Waals surface area contributed by atoms with Crippen LogP contribution in [0.2, 0.25) is 5.02 Å². The topological polar surface area (TPSA) is 84.0 Å². The van der Waals surface area contributed by atoms with Crippen LogP contribution in [0, 0.1) is 6.92 Å². The van der Waals surface area contributed by atoms with Crippen molar-refractivity contribution in [1.82, 2.24) is 15.3 Å². The minimum atomic E-state index is -4.78. The van der Waals surface area contributed by atoms with E-state index >= 15 is 0 Å². The summed E-state index contributed by atoms with van der Waals surface area (Å²) in [5.74, 6) is -1.24. The molecule has 3 rings (SSSR count). The van der Waals surface area contributed by atoms with Crippen molar-refractivity contribution in [3.63, 3.8) is 0 Å². The molecule has 0 saturated carbocycles. The summed E-state index contributed by atoms with van der Waals surface area (Å²) in [5.41, 5.74) is 0.391. The number of nitrogens with zero attached hydrogens (tertiary/aromatic N) is 2. The Morgan fingerprint density at radius 2 is 1.79 bits per heavy atom. The largest absolute Gasteiger partial charge is 0.434 e. The van der Waals surface area contributed by atoms with E-state index in [1.807, 2.05) is 6.92 Å². The number of amides is 2. The molecule has 0 bridgehead atoms. The smallest absolute Gasteiger partial charge is 0.349 e. The molecule has 2 aromatic carbocycles. The summed E-state index contributed by atoms with van der Waals surface area (Å²) in [5, 5.41) is 5.69. The summed E-state index contributed by atoms with van der Waals surface area (Å²) in [4.78, 5) is 31.6. The van der Waals surface area contributed by atoms with Crippen molar-refractivity contribution in [1.29, 1.82) is 0 Å². The highest BCUT2D eigenvalue weighted by Gasteiger charge is 2.37. The molecule has 0 radical (unpaired) electrons. The maximum atomic E-state index is 13.1. The van der Waals surface area contributed by atoms with Crippen molar-refractivity contribution in [2.75, 3.05) is 5.32 Å². The molecule has 1 heterocycles. The summed E-state index contributed by atoms with van der Waals surface area (Å²) < 4.78 is 39.2. The molecule has 10 heteroatoms. The quantitative estimate of drug-likeness (QED) is 0.520. The van der Waals surface area contributed by atoms with Crippen LogP contribution in [0.1, 0.15) is 44.5 Å². The van der Waals surface area contributed by atoms with E-state index in [0.717, 1.165) is 23.7 Å². The first-order valence-electron chi connectivity index (χ1n) is 9.89. The van der Waals surface area contributed by atoms with Crippen LogP contribution >= 0.6 is 11.6 Å². The van der Waals surface area contributed by atoms with E-state index < -0.39 is 23.3 Å². The molecule has 0 aliphatic heterocycles. The molecule has 0 aliphatic carbocycles. The van der Waals surface area contributed by atoms with Gasteiger partial charge in [-0.05, 0) is 49.6 Å². The highest BCUT2D eigenvalue weighted by Crippen LogP contribution is 2.30. The predicted molar refractivity (Wildman–Crippen MR) is 118 cm³/mol. The van der Waals surface area contributed by atoms with Crippen LogP contribution in [0.25, 0.3) is 0 Å². The third-order valence-corrected chi connectivity index (χ3v) is 5.12. The number of anilines is 1. The van der Waals surface area contributed by atoms with Crippen molar-refractivity contribution in [3.8, 4) is 0 Å². The van der Waals surface area contributed by atoms with Crippen LogP contribution in [0.5, 0.6) is 0 Å². The lowest BCUT2D eigenvalue weighted by Crippen LogP contribution is -2.34. The lowest BCUT2D eigenvalue weighted by molar-refractivity contribution is -0.141. The Morgan fingerprint density at radius 1 is 1.09 bits per heavy atom. The second-order valence-electron chi connectivity index (χ2n) is 7.44. The van der Waals surface area contributed by atoms with E-state index in [4.69, 9.17) is 11.6 Å². The number of carbonyl (C=O) groups is 2. The fraction of sp³-hybridized carbons (Fsp3) is 0.217. The molecule has 6 nitrogen and oxygen atoms in total. The van der Waals surface area contributed by atoms with E-state index in [0.29, 0.717) is 22.7 Å². The van der Waals surface area contributed by atoms with Crippen LogP contribution < -0.4 is 10.6 Å². The summed E-state index contributed by atoms with van der Waals surface area (Å²) in [6.45, 7) is 3.64. The molecule has 2 amide bonds. The summed E-state index contributed by atoms with van der Waals surface area (Å²) >= 11 is 6.14. The van der Waals surface area contributed by atoms with E-state index in [2.05, 4.69) is 20.6 Å². The van der Waals surface area contributed by atoms with Crippen molar-refractivity contribution < 1.29 is 22.8 Å². The standard InChI is InChI=1S/C23H20ClF3N4O2/c1-13-4-3-5-18(24)19(13)22(33)30-14(2)10-15-6-8-16(9-7-15)31-21(32)17-11-28-12-29-20(17)23(25,26)27/h3-9,11-12,14H,10H2,1-2H3,(H,30,33)(H,31,32). The molecule has 172 valence electrons. The first-order valence-corrected chi connectivity index (χ1v) is 10.3. The maximum Gasteiger partial charge on any atom is 0.434 e. The number of nitrogens with one attached hydrogen (secondary N) is 2. The van der Waals surface area contributed by atoms with Crippen LogP contribution in [0.15, 0.2) is 55.0 Å². The number of hydrogen-bond acceptors (Lipinski definition) is 4. The number of benzene rings is 2. The number of hydrogen-bond donors (Lipinski definition) is 2. The molecule has 1 aromatic heterocycles. The fourth-order valence-corrected chi connectivity index (χ4v) is 3.57. The van der Waals surface area contributed by atoms with Crippen molar-refractivity contribution in [2.45, 2.75) is 32.5 Å². The average molecular weight is 477 g/mol. The van der Waals surface area contributed by atoms with Gasteiger partial charge in [0, 0.05) is 17.9 Å². The minimum absolute atomic E-state index is 0.218. The Hall–Kier alpha value is -3.46.